The number of halogens is 3. The summed E-state index contributed by atoms with van der Waals surface area (Å²) in [6.45, 7) is 1.96. The summed E-state index contributed by atoms with van der Waals surface area (Å²) in [7, 11) is 0.176. The van der Waals surface area contributed by atoms with E-state index in [1.807, 2.05) is 12.1 Å². The van der Waals surface area contributed by atoms with Crippen molar-refractivity contribution < 1.29 is 27.5 Å². The molecular formula is C17H21BF3NO3. The molecular weight excluding hydrogens is 334 g/mol. The van der Waals surface area contributed by atoms with Gasteiger partial charge in [-0.05, 0) is 31.6 Å². The van der Waals surface area contributed by atoms with Crippen LogP contribution in [0, 0.1) is 0 Å². The predicted octanol–water partition coefficient (Wildman–Crippen LogP) is 2.73. The van der Waals surface area contributed by atoms with Gasteiger partial charge in [0.05, 0.1) is 18.6 Å². The summed E-state index contributed by atoms with van der Waals surface area (Å²) >= 11 is 0. The number of methoxy groups -OCH3 is 1. The van der Waals surface area contributed by atoms with Crippen LogP contribution in [0.2, 0.25) is 0 Å². The molecule has 25 heavy (non-hydrogen) atoms. The number of benzene rings is 1. The number of ether oxygens (including phenoxy) is 2. The van der Waals surface area contributed by atoms with E-state index >= 15 is 0 Å². The van der Waals surface area contributed by atoms with Crippen molar-refractivity contribution in [2.45, 2.75) is 37.0 Å². The lowest BCUT2D eigenvalue weighted by Crippen LogP contribution is -2.42. The van der Waals surface area contributed by atoms with E-state index in [0.717, 1.165) is 31.0 Å². The average Bonchev–Trinajstić information content (AvgIpc) is 2.79. The van der Waals surface area contributed by atoms with Crippen LogP contribution in [0.4, 0.5) is 12.9 Å². The fraction of sp³-hybridized carbons (Fsp3) is 0.529. The number of aliphatic hydroxyl groups is 1. The molecule has 3 atom stereocenters. The van der Waals surface area contributed by atoms with Crippen LogP contribution >= 0.6 is 0 Å². The molecule has 1 N–H and O–H groups in total. The van der Waals surface area contributed by atoms with Gasteiger partial charge in [0.25, 0.3) is 0 Å². The first kappa shape index (κ1) is 18.1. The fourth-order valence-corrected chi connectivity index (χ4v) is 4.08. The summed E-state index contributed by atoms with van der Waals surface area (Å²) in [5, 5.41) is 9.97. The first-order valence-electron chi connectivity index (χ1n) is 8.22. The van der Waals surface area contributed by atoms with Gasteiger partial charge in [0.1, 0.15) is 6.10 Å². The van der Waals surface area contributed by atoms with Crippen molar-refractivity contribution in [1.82, 2.24) is 4.90 Å². The van der Waals surface area contributed by atoms with Crippen LogP contribution in [-0.2, 0) is 12.0 Å². The molecule has 0 saturated carbocycles. The molecule has 0 bridgehead atoms. The topological polar surface area (TPSA) is 41.9 Å². The predicted molar refractivity (Wildman–Crippen MR) is 88.9 cm³/mol. The van der Waals surface area contributed by atoms with Crippen LogP contribution < -0.4 is 9.47 Å². The molecule has 1 spiro atoms. The Balaban J connectivity index is 0.000000415. The van der Waals surface area contributed by atoms with E-state index < -0.39 is 13.6 Å². The van der Waals surface area contributed by atoms with Gasteiger partial charge in [-0.2, -0.15) is 0 Å². The maximum absolute atomic E-state index is 9.97. The molecule has 2 heterocycles. The highest BCUT2D eigenvalue weighted by Gasteiger charge is 2.52. The Bertz CT molecular complexity index is 670. The molecule has 1 aromatic carbocycles. The molecule has 4 rings (SSSR count). The Labute approximate surface area is 145 Å². The van der Waals surface area contributed by atoms with Crippen LogP contribution in [0.1, 0.15) is 24.0 Å². The fourth-order valence-electron chi connectivity index (χ4n) is 4.08. The van der Waals surface area contributed by atoms with Crippen LogP contribution in [0.5, 0.6) is 11.5 Å². The third kappa shape index (κ3) is 3.25. The van der Waals surface area contributed by atoms with Crippen molar-refractivity contribution in [3.05, 3.63) is 35.4 Å². The van der Waals surface area contributed by atoms with Crippen molar-refractivity contribution in [2.24, 2.45) is 0 Å². The molecule has 4 nitrogen and oxygen atoms in total. The molecule has 136 valence electrons. The van der Waals surface area contributed by atoms with Crippen LogP contribution in [0.3, 0.4) is 0 Å². The van der Waals surface area contributed by atoms with E-state index in [1.54, 1.807) is 7.11 Å². The highest BCUT2D eigenvalue weighted by molar-refractivity contribution is 6.33. The van der Waals surface area contributed by atoms with E-state index in [-0.39, 0.29) is 11.5 Å². The smallest absolute Gasteiger partial charge is 0.493 e. The first-order valence-corrected chi connectivity index (χ1v) is 8.22. The number of rotatable bonds is 1. The lowest BCUT2D eigenvalue weighted by molar-refractivity contribution is 0.0821. The van der Waals surface area contributed by atoms with E-state index in [1.165, 1.54) is 11.1 Å². The molecule has 0 saturated heterocycles. The third-order valence-electron chi connectivity index (χ3n) is 5.15. The lowest BCUT2D eigenvalue weighted by Gasteiger charge is -2.35. The summed E-state index contributed by atoms with van der Waals surface area (Å²) in [5.41, 5.74) is 2.48. The van der Waals surface area contributed by atoms with Crippen LogP contribution in [-0.4, -0.2) is 50.5 Å². The quantitative estimate of drug-likeness (QED) is 0.622. The Morgan fingerprint density at radius 3 is 2.76 bits per heavy atom. The van der Waals surface area contributed by atoms with Gasteiger partial charge < -0.3 is 19.5 Å². The highest BCUT2D eigenvalue weighted by Crippen LogP contribution is 2.55. The minimum atomic E-state index is -3.67. The maximum Gasteiger partial charge on any atom is 0.762 e. The zero-order valence-electron chi connectivity index (χ0n) is 14.2. The molecule has 3 aliphatic rings. The molecule has 0 unspecified atom stereocenters. The molecule has 0 radical (unpaired) electrons. The van der Waals surface area contributed by atoms with Crippen molar-refractivity contribution in [1.29, 1.82) is 0 Å². The van der Waals surface area contributed by atoms with Gasteiger partial charge in [-0.15, -0.1) is 0 Å². The summed E-state index contributed by atoms with van der Waals surface area (Å²) in [4.78, 5) is 2.35. The molecule has 8 heteroatoms. The zero-order chi connectivity index (χ0) is 18.2. The molecule has 1 aliphatic carbocycles. The second kappa shape index (κ2) is 6.92. The van der Waals surface area contributed by atoms with Crippen molar-refractivity contribution in [2.75, 3.05) is 20.7 Å². The summed E-state index contributed by atoms with van der Waals surface area (Å²) in [6.07, 6.45) is 5.38. The normalized spacial score (nSPS) is 29.5. The van der Waals surface area contributed by atoms with Gasteiger partial charge in [0.15, 0.2) is 11.5 Å². The van der Waals surface area contributed by atoms with E-state index in [4.69, 9.17) is 9.47 Å². The zero-order valence-corrected chi connectivity index (χ0v) is 14.2. The number of nitrogens with zero attached hydrogens (tertiary/aromatic N) is 1. The van der Waals surface area contributed by atoms with Gasteiger partial charge in [0, 0.05) is 18.5 Å². The minimum absolute atomic E-state index is 0.00838. The van der Waals surface area contributed by atoms with Crippen LogP contribution in [0.15, 0.2) is 24.3 Å². The van der Waals surface area contributed by atoms with Crippen LogP contribution in [0.25, 0.3) is 0 Å². The minimum Gasteiger partial charge on any atom is -0.493 e. The SMILES string of the molecule is COc1ccc2c3c1O[C@H]1C[C@@H](O)C=C[C@@]31CCN(C)C2.FB(F)F. The monoisotopic (exact) mass is 355 g/mol. The molecule has 1 aromatic rings. The average molecular weight is 355 g/mol. The van der Waals surface area contributed by atoms with E-state index in [2.05, 4.69) is 24.1 Å². The van der Waals surface area contributed by atoms with E-state index in [9.17, 15) is 18.1 Å². The van der Waals surface area contributed by atoms with Gasteiger partial charge in [-0.3, -0.25) is 12.9 Å². The van der Waals surface area contributed by atoms with Crippen molar-refractivity contribution >= 4 is 7.54 Å². The summed E-state index contributed by atoms with van der Waals surface area (Å²) < 4.78 is 40.8. The molecule has 2 aliphatic heterocycles. The maximum atomic E-state index is 9.97. The largest absolute Gasteiger partial charge is 0.762 e. The Kier molecular flexibility index (Phi) is 5.02. The third-order valence-corrected chi connectivity index (χ3v) is 5.15. The second-order valence-corrected chi connectivity index (χ2v) is 6.68. The number of hydrogen-bond acceptors (Lipinski definition) is 4. The van der Waals surface area contributed by atoms with Gasteiger partial charge >= 0.3 is 7.54 Å². The first-order chi connectivity index (χ1) is 11.9. The lowest BCUT2D eigenvalue weighted by atomic mass is 9.69. The molecule has 0 amide bonds. The van der Waals surface area contributed by atoms with E-state index in [0.29, 0.717) is 6.42 Å². The Morgan fingerprint density at radius 2 is 2.08 bits per heavy atom. The Morgan fingerprint density at radius 1 is 1.36 bits per heavy atom. The molecule has 0 aromatic heterocycles. The standard InChI is InChI=1S/C17H21NO3.BF3/c1-18-8-7-17-6-5-12(19)9-14(17)21-16-13(20-2)4-3-11(10-18)15(16)17;2-1(3)4/h3-6,12,14,19H,7-10H2,1-2H3;/t12-,14-,17-;/m0./s1. The molecule has 0 fully saturated rings. The summed E-state index contributed by atoms with van der Waals surface area (Å²) in [5.74, 6) is 1.68. The highest BCUT2D eigenvalue weighted by atomic mass is 19.4. The number of hydrogen-bond donors (Lipinski definition) is 1. The summed E-state index contributed by atoms with van der Waals surface area (Å²) in [6, 6.07) is 4.16. The Hall–Kier alpha value is -1.67. The van der Waals surface area contributed by atoms with Crippen molar-refractivity contribution in [3.63, 3.8) is 0 Å². The van der Waals surface area contributed by atoms with Gasteiger partial charge in [-0.25, -0.2) is 0 Å². The van der Waals surface area contributed by atoms with Gasteiger partial charge in [0.2, 0.25) is 0 Å². The van der Waals surface area contributed by atoms with Gasteiger partial charge in [-0.1, -0.05) is 18.2 Å². The van der Waals surface area contributed by atoms with Crippen molar-refractivity contribution in [3.8, 4) is 11.5 Å². The second-order valence-electron chi connectivity index (χ2n) is 6.68. The number of aliphatic hydroxyl groups excluding tert-OH is 1.